The van der Waals surface area contributed by atoms with Crippen LogP contribution in [0, 0.1) is 16.7 Å². The highest BCUT2D eigenvalue weighted by Gasteiger charge is 2.36. The molecule has 1 aromatic carbocycles. The van der Waals surface area contributed by atoms with Gasteiger partial charge >= 0.3 is 0 Å². The number of hydrogen-bond acceptors (Lipinski definition) is 8. The summed E-state index contributed by atoms with van der Waals surface area (Å²) in [6, 6.07) is 10.3. The summed E-state index contributed by atoms with van der Waals surface area (Å²) in [7, 11) is 0.969. The molecular weight excluding hydrogens is 490 g/mol. The summed E-state index contributed by atoms with van der Waals surface area (Å²) < 4.78 is 14.9. The van der Waals surface area contributed by atoms with Crippen LogP contribution in [0.3, 0.4) is 0 Å². The van der Waals surface area contributed by atoms with E-state index in [-0.39, 0.29) is 23.0 Å². The molecule has 1 saturated heterocycles. The number of rotatable bonds is 8. The zero-order chi connectivity index (χ0) is 25.7. The Morgan fingerprint density at radius 2 is 1.89 bits per heavy atom. The second kappa shape index (κ2) is 12.8. The van der Waals surface area contributed by atoms with Crippen LogP contribution in [-0.2, 0) is 17.4 Å². The van der Waals surface area contributed by atoms with E-state index in [0.717, 1.165) is 62.3 Å². The van der Waals surface area contributed by atoms with Crippen LogP contribution in [0.15, 0.2) is 35.4 Å². The van der Waals surface area contributed by atoms with Crippen LogP contribution in [0.2, 0.25) is 0 Å². The average Bonchev–Trinajstić information content (AvgIpc) is 2.87. The molecule has 11 heteroatoms. The number of aromatic nitrogens is 2. The lowest BCUT2D eigenvalue weighted by Crippen LogP contribution is -2.45. The van der Waals surface area contributed by atoms with Crippen molar-refractivity contribution in [1.82, 2.24) is 19.2 Å². The van der Waals surface area contributed by atoms with Crippen LogP contribution in [0.1, 0.15) is 44.2 Å². The molecule has 2 fully saturated rings. The Morgan fingerprint density at radius 1 is 1.19 bits per heavy atom. The number of nitrogens with zero attached hydrogens (tertiary/aromatic N) is 5. The van der Waals surface area contributed by atoms with Gasteiger partial charge in [0.15, 0.2) is 0 Å². The average molecular weight is 530 g/mol. The minimum atomic E-state index is -1.12. The molecule has 2 heterocycles. The lowest BCUT2D eigenvalue weighted by molar-refractivity contribution is 0.00926. The number of aliphatic hydroxyl groups excluding tert-OH is 1. The summed E-state index contributed by atoms with van der Waals surface area (Å²) in [5, 5.41) is 26.4. The van der Waals surface area contributed by atoms with Crippen molar-refractivity contribution in [2.45, 2.75) is 56.6 Å². The number of piperazine rings is 1. The first-order valence-corrected chi connectivity index (χ1v) is 13.8. The first-order valence-electron chi connectivity index (χ1n) is 12.6. The van der Waals surface area contributed by atoms with E-state index in [1.165, 1.54) is 0 Å². The van der Waals surface area contributed by atoms with Gasteiger partial charge in [-0.05, 0) is 55.8 Å². The van der Waals surface area contributed by atoms with Crippen LogP contribution in [-0.4, -0.2) is 85.9 Å². The van der Waals surface area contributed by atoms with Gasteiger partial charge in [-0.15, -0.1) is 0 Å². The van der Waals surface area contributed by atoms with E-state index < -0.39 is 11.0 Å². The third-order valence-corrected chi connectivity index (χ3v) is 8.74. The number of nitriles is 1. The van der Waals surface area contributed by atoms with Gasteiger partial charge in [-0.25, -0.2) is 13.5 Å². The molecule has 1 unspecified atom stereocenters. The second-order valence-corrected chi connectivity index (χ2v) is 12.0. The molecule has 3 atom stereocenters. The Bertz CT molecular complexity index is 1100. The summed E-state index contributed by atoms with van der Waals surface area (Å²) in [5.74, 6) is 1.00. The van der Waals surface area contributed by atoms with Gasteiger partial charge in [-0.3, -0.25) is 0 Å². The molecule has 0 bridgehead atoms. The van der Waals surface area contributed by atoms with Gasteiger partial charge in [-0.1, -0.05) is 26.0 Å². The largest absolute Gasteiger partial charge is 0.412 e. The molecule has 5 N–H and O–H groups in total. The molecule has 1 saturated carbocycles. The SMILES string of the molecule is CN1CCN(S(=O)c2ccc(CCNc3ncc(C#N)c(N[C@@H]4CC[C@H](O)C(C)(C)C4)n3)cc2)CC1.O. The van der Waals surface area contributed by atoms with Crippen molar-refractivity contribution in [1.29, 1.82) is 5.26 Å². The number of anilines is 2. The van der Waals surface area contributed by atoms with Crippen LogP contribution in [0.5, 0.6) is 0 Å². The molecule has 2 aliphatic rings. The van der Waals surface area contributed by atoms with Crippen molar-refractivity contribution in [3.63, 3.8) is 0 Å². The third-order valence-electron chi connectivity index (χ3n) is 7.23. The van der Waals surface area contributed by atoms with Crippen molar-refractivity contribution in [3.8, 4) is 6.07 Å². The molecule has 1 aliphatic carbocycles. The summed E-state index contributed by atoms with van der Waals surface area (Å²) in [4.78, 5) is 11.9. The number of aliphatic hydroxyl groups is 1. The summed E-state index contributed by atoms with van der Waals surface area (Å²) in [6.07, 6.45) is 4.36. The maximum absolute atomic E-state index is 12.8. The Hall–Kier alpha value is -2.62. The highest BCUT2D eigenvalue weighted by molar-refractivity contribution is 7.82. The van der Waals surface area contributed by atoms with E-state index in [9.17, 15) is 14.6 Å². The number of likely N-dealkylation sites (N-methyl/N-ethyl adjacent to an activating group) is 1. The van der Waals surface area contributed by atoms with Crippen LogP contribution < -0.4 is 10.6 Å². The van der Waals surface area contributed by atoms with E-state index >= 15 is 0 Å². The van der Waals surface area contributed by atoms with Gasteiger partial charge in [0.2, 0.25) is 5.95 Å². The van der Waals surface area contributed by atoms with Crippen LogP contribution in [0.4, 0.5) is 11.8 Å². The standard InChI is InChI=1S/C26H37N7O2S.H2O/c1-26(2)16-21(6-9-23(26)34)30-24-20(17-27)18-29-25(31-24)28-11-10-19-4-7-22(8-5-19)36(35)33-14-12-32(3)13-15-33;/h4-5,7-8,18,21,23,34H,6,9-16H2,1-3H3,(H2,28,29,30,31);1H2/t21-,23+,36?;/m1./s1. The van der Waals surface area contributed by atoms with E-state index in [1.54, 1.807) is 6.20 Å². The Labute approximate surface area is 222 Å². The Kier molecular flexibility index (Phi) is 9.98. The molecule has 1 aromatic heterocycles. The van der Waals surface area contributed by atoms with Crippen molar-refractivity contribution in [2.75, 3.05) is 50.4 Å². The molecule has 0 radical (unpaired) electrons. The van der Waals surface area contributed by atoms with E-state index in [0.29, 0.717) is 23.9 Å². The van der Waals surface area contributed by atoms with Gasteiger partial charge in [0.05, 0.1) is 17.2 Å². The Morgan fingerprint density at radius 3 is 2.54 bits per heavy atom. The van der Waals surface area contributed by atoms with E-state index in [2.05, 4.69) is 52.5 Å². The minimum Gasteiger partial charge on any atom is -0.412 e. The first kappa shape index (κ1) is 28.9. The molecule has 202 valence electrons. The zero-order valence-electron chi connectivity index (χ0n) is 21.9. The third kappa shape index (κ3) is 7.46. The van der Waals surface area contributed by atoms with Crippen molar-refractivity contribution in [3.05, 3.63) is 41.6 Å². The quantitative estimate of drug-likeness (QED) is 0.469. The zero-order valence-corrected chi connectivity index (χ0v) is 22.7. The fourth-order valence-electron chi connectivity index (χ4n) is 4.79. The summed E-state index contributed by atoms with van der Waals surface area (Å²) in [6.45, 7) is 8.28. The maximum Gasteiger partial charge on any atom is 0.224 e. The molecular formula is C26H39N7O3S. The highest BCUT2D eigenvalue weighted by atomic mass is 32.2. The monoisotopic (exact) mass is 529 g/mol. The van der Waals surface area contributed by atoms with Gasteiger partial charge in [-0.2, -0.15) is 10.2 Å². The highest BCUT2D eigenvalue weighted by Crippen LogP contribution is 2.37. The predicted octanol–water partition coefficient (Wildman–Crippen LogP) is 1.80. The van der Waals surface area contributed by atoms with E-state index in [4.69, 9.17) is 0 Å². The first-order chi connectivity index (χ1) is 17.2. The summed E-state index contributed by atoms with van der Waals surface area (Å²) in [5.41, 5.74) is 1.37. The molecule has 0 amide bonds. The number of hydrogen-bond donors (Lipinski definition) is 3. The van der Waals surface area contributed by atoms with E-state index in [1.807, 2.05) is 28.6 Å². The molecule has 0 spiro atoms. The lowest BCUT2D eigenvalue weighted by Gasteiger charge is -2.40. The van der Waals surface area contributed by atoms with Gasteiger partial charge in [0.25, 0.3) is 0 Å². The fourth-order valence-corrected chi connectivity index (χ4v) is 5.95. The number of nitrogens with one attached hydrogen (secondary N) is 2. The van der Waals surface area contributed by atoms with Crippen LogP contribution >= 0.6 is 0 Å². The normalized spacial score (nSPS) is 22.9. The molecule has 1 aliphatic heterocycles. The second-order valence-electron chi connectivity index (χ2n) is 10.5. The Balaban J connectivity index is 0.00000380. The van der Waals surface area contributed by atoms with Gasteiger partial charge in [0.1, 0.15) is 28.4 Å². The maximum atomic E-state index is 12.8. The summed E-state index contributed by atoms with van der Waals surface area (Å²) >= 11 is 0. The fraction of sp³-hybridized carbons (Fsp3) is 0.577. The van der Waals surface area contributed by atoms with Gasteiger partial charge < -0.3 is 26.1 Å². The molecule has 10 nitrogen and oxygen atoms in total. The van der Waals surface area contributed by atoms with Crippen molar-refractivity contribution in [2.24, 2.45) is 5.41 Å². The molecule has 2 aromatic rings. The predicted molar refractivity (Wildman–Crippen MR) is 146 cm³/mol. The smallest absolute Gasteiger partial charge is 0.224 e. The number of benzene rings is 1. The topological polar surface area (TPSA) is 149 Å². The molecule has 37 heavy (non-hydrogen) atoms. The van der Waals surface area contributed by atoms with Crippen molar-refractivity contribution >= 4 is 22.8 Å². The van der Waals surface area contributed by atoms with Gasteiger partial charge in [0, 0.05) is 38.8 Å². The van der Waals surface area contributed by atoms with Crippen molar-refractivity contribution < 1.29 is 14.8 Å². The van der Waals surface area contributed by atoms with Crippen LogP contribution in [0.25, 0.3) is 0 Å². The molecule has 4 rings (SSSR count). The minimum absolute atomic E-state index is 0. The lowest BCUT2D eigenvalue weighted by atomic mass is 9.73.